The third-order valence-corrected chi connectivity index (χ3v) is 3.70. The first-order chi connectivity index (χ1) is 10.1. The van der Waals surface area contributed by atoms with Gasteiger partial charge in [0, 0.05) is 10.5 Å². The molecule has 0 aromatic heterocycles. The molecule has 0 saturated carbocycles. The van der Waals surface area contributed by atoms with Gasteiger partial charge < -0.3 is 5.11 Å². The number of carbonyl (C=O) groups is 2. The summed E-state index contributed by atoms with van der Waals surface area (Å²) in [4.78, 5) is 23.9. The lowest BCUT2D eigenvalue weighted by Crippen LogP contribution is -1.98. The lowest BCUT2D eigenvalue weighted by molar-refractivity contribution is 0.0696. The Hall–Kier alpha value is -2.33. The molecule has 2 aromatic carbocycles. The highest BCUT2D eigenvalue weighted by molar-refractivity contribution is 7.98. The summed E-state index contributed by atoms with van der Waals surface area (Å²) in [6.45, 7) is 0. The molecule has 0 atom stereocenters. The predicted octanol–water partition coefficient (Wildman–Crippen LogP) is 4.00. The number of carboxylic acid groups (broad SMARTS) is 1. The Labute approximate surface area is 127 Å². The lowest BCUT2D eigenvalue weighted by atomic mass is 10.1. The molecule has 0 bridgehead atoms. The summed E-state index contributed by atoms with van der Waals surface area (Å²) >= 11 is 1.66. The molecule has 0 aliphatic heterocycles. The highest BCUT2D eigenvalue weighted by Gasteiger charge is 2.05. The number of carboxylic acids is 1. The van der Waals surface area contributed by atoms with Crippen LogP contribution in [0.1, 0.15) is 26.3 Å². The monoisotopic (exact) mass is 298 g/mol. The molecule has 3 nitrogen and oxygen atoms in total. The van der Waals surface area contributed by atoms with Gasteiger partial charge in [-0.25, -0.2) is 4.79 Å². The summed E-state index contributed by atoms with van der Waals surface area (Å²) in [5.74, 6) is -1.15. The maximum atomic E-state index is 12.0. The van der Waals surface area contributed by atoms with Crippen molar-refractivity contribution in [2.45, 2.75) is 4.90 Å². The van der Waals surface area contributed by atoms with Gasteiger partial charge in [-0.15, -0.1) is 11.8 Å². The van der Waals surface area contributed by atoms with Crippen molar-refractivity contribution < 1.29 is 14.7 Å². The van der Waals surface area contributed by atoms with E-state index in [1.807, 2.05) is 30.5 Å². The van der Waals surface area contributed by atoms with Crippen molar-refractivity contribution in [3.63, 3.8) is 0 Å². The molecule has 21 heavy (non-hydrogen) atoms. The number of aromatic carboxylic acids is 1. The molecule has 0 saturated heterocycles. The Morgan fingerprint density at radius 1 is 0.952 bits per heavy atom. The average molecular weight is 298 g/mol. The Morgan fingerprint density at radius 2 is 1.52 bits per heavy atom. The van der Waals surface area contributed by atoms with Crippen molar-refractivity contribution in [1.29, 1.82) is 0 Å². The molecule has 0 fully saturated rings. The first-order valence-corrected chi connectivity index (χ1v) is 7.52. The van der Waals surface area contributed by atoms with Gasteiger partial charge in [-0.2, -0.15) is 0 Å². The van der Waals surface area contributed by atoms with E-state index in [1.165, 1.54) is 35.2 Å². The normalized spacial score (nSPS) is 10.7. The van der Waals surface area contributed by atoms with E-state index >= 15 is 0 Å². The van der Waals surface area contributed by atoms with Crippen LogP contribution in [0.15, 0.2) is 59.5 Å². The molecule has 0 aliphatic carbocycles. The van der Waals surface area contributed by atoms with Crippen LogP contribution in [0.25, 0.3) is 6.08 Å². The van der Waals surface area contributed by atoms with E-state index in [0.717, 1.165) is 5.56 Å². The molecule has 0 aliphatic rings. The third kappa shape index (κ3) is 4.07. The fraction of sp³-hybridized carbons (Fsp3) is 0.0588. The largest absolute Gasteiger partial charge is 0.478 e. The second-order valence-electron chi connectivity index (χ2n) is 4.35. The van der Waals surface area contributed by atoms with Crippen LogP contribution >= 0.6 is 11.8 Å². The maximum absolute atomic E-state index is 12.0. The van der Waals surface area contributed by atoms with Gasteiger partial charge in [-0.05, 0) is 42.2 Å². The van der Waals surface area contributed by atoms with Gasteiger partial charge in [0.1, 0.15) is 0 Å². The van der Waals surface area contributed by atoms with E-state index in [0.29, 0.717) is 5.56 Å². The summed E-state index contributed by atoms with van der Waals surface area (Å²) in [5, 5.41) is 8.81. The number of thioether (sulfide) groups is 1. The molecule has 0 amide bonds. The molecule has 106 valence electrons. The third-order valence-electron chi connectivity index (χ3n) is 2.96. The maximum Gasteiger partial charge on any atom is 0.335 e. The van der Waals surface area contributed by atoms with Crippen molar-refractivity contribution in [3.8, 4) is 0 Å². The molecule has 2 rings (SSSR count). The summed E-state index contributed by atoms with van der Waals surface area (Å²) < 4.78 is 0. The van der Waals surface area contributed by atoms with E-state index in [1.54, 1.807) is 17.8 Å². The minimum Gasteiger partial charge on any atom is -0.478 e. The van der Waals surface area contributed by atoms with Gasteiger partial charge in [0.25, 0.3) is 0 Å². The number of benzene rings is 2. The molecule has 2 aromatic rings. The molecular formula is C17H14O3S. The van der Waals surface area contributed by atoms with Gasteiger partial charge in [0.15, 0.2) is 5.78 Å². The zero-order chi connectivity index (χ0) is 15.2. The smallest absolute Gasteiger partial charge is 0.335 e. The lowest BCUT2D eigenvalue weighted by Gasteiger charge is -1.99. The quantitative estimate of drug-likeness (QED) is 0.515. The number of hydrogen-bond acceptors (Lipinski definition) is 3. The Morgan fingerprint density at radius 3 is 2.05 bits per heavy atom. The molecule has 0 spiro atoms. The number of carbonyl (C=O) groups excluding carboxylic acids is 1. The number of allylic oxidation sites excluding steroid dienone is 1. The van der Waals surface area contributed by atoms with Crippen molar-refractivity contribution >= 4 is 29.6 Å². The van der Waals surface area contributed by atoms with Crippen molar-refractivity contribution in [2.75, 3.05) is 6.26 Å². The highest BCUT2D eigenvalue weighted by atomic mass is 32.2. The summed E-state index contributed by atoms with van der Waals surface area (Å²) in [6, 6.07) is 13.8. The standard InChI is InChI=1S/C17H14O3S/c1-21-15-9-2-12(3-10-15)4-11-16(18)13-5-7-14(8-6-13)17(19)20/h2-11H,1H3,(H,19,20)/b11-4+. The number of ketones is 1. The zero-order valence-corrected chi connectivity index (χ0v) is 12.3. The van der Waals surface area contributed by atoms with E-state index in [9.17, 15) is 9.59 Å². The van der Waals surface area contributed by atoms with E-state index in [-0.39, 0.29) is 11.3 Å². The first-order valence-electron chi connectivity index (χ1n) is 6.30. The summed E-state index contributed by atoms with van der Waals surface area (Å²) in [6.07, 6.45) is 5.25. The van der Waals surface area contributed by atoms with Crippen LogP contribution in [0.3, 0.4) is 0 Å². The molecule has 0 radical (unpaired) electrons. The van der Waals surface area contributed by atoms with Crippen LogP contribution < -0.4 is 0 Å². The predicted molar refractivity (Wildman–Crippen MR) is 85.0 cm³/mol. The topological polar surface area (TPSA) is 54.4 Å². The fourth-order valence-electron chi connectivity index (χ4n) is 1.76. The number of rotatable bonds is 5. The van der Waals surface area contributed by atoms with Gasteiger partial charge in [0.05, 0.1) is 5.56 Å². The van der Waals surface area contributed by atoms with Crippen LogP contribution in [0.4, 0.5) is 0 Å². The van der Waals surface area contributed by atoms with Gasteiger partial charge in [0.2, 0.25) is 0 Å². The SMILES string of the molecule is CSc1ccc(/C=C/C(=O)c2ccc(C(=O)O)cc2)cc1. The van der Waals surface area contributed by atoms with Gasteiger partial charge >= 0.3 is 5.97 Å². The summed E-state index contributed by atoms with van der Waals surface area (Å²) in [5.41, 5.74) is 1.59. The van der Waals surface area contributed by atoms with E-state index in [2.05, 4.69) is 0 Å². The molecule has 4 heteroatoms. The first kappa shape index (κ1) is 15.1. The van der Waals surface area contributed by atoms with Crippen LogP contribution in [0.2, 0.25) is 0 Å². The van der Waals surface area contributed by atoms with E-state index in [4.69, 9.17) is 5.11 Å². The molecule has 1 N–H and O–H groups in total. The Bertz CT molecular complexity index is 670. The van der Waals surface area contributed by atoms with Crippen LogP contribution in [-0.2, 0) is 0 Å². The van der Waals surface area contributed by atoms with Crippen LogP contribution in [0.5, 0.6) is 0 Å². The van der Waals surface area contributed by atoms with Gasteiger partial charge in [-0.3, -0.25) is 4.79 Å². The molecule has 0 heterocycles. The average Bonchev–Trinajstić information content (AvgIpc) is 2.53. The fourth-order valence-corrected chi connectivity index (χ4v) is 2.17. The van der Waals surface area contributed by atoms with Crippen molar-refractivity contribution in [2.24, 2.45) is 0 Å². The van der Waals surface area contributed by atoms with Crippen molar-refractivity contribution in [3.05, 3.63) is 71.3 Å². The zero-order valence-electron chi connectivity index (χ0n) is 11.4. The number of hydrogen-bond donors (Lipinski definition) is 1. The van der Waals surface area contributed by atoms with Crippen LogP contribution in [0, 0.1) is 0 Å². The second-order valence-corrected chi connectivity index (χ2v) is 5.23. The molecular weight excluding hydrogens is 284 g/mol. The summed E-state index contributed by atoms with van der Waals surface area (Å²) in [7, 11) is 0. The Balaban J connectivity index is 2.09. The van der Waals surface area contributed by atoms with Crippen molar-refractivity contribution in [1.82, 2.24) is 0 Å². The van der Waals surface area contributed by atoms with E-state index < -0.39 is 5.97 Å². The minimum absolute atomic E-state index is 0.152. The molecule has 0 unspecified atom stereocenters. The van der Waals surface area contributed by atoms with Crippen LogP contribution in [-0.4, -0.2) is 23.1 Å². The minimum atomic E-state index is -1.00. The highest BCUT2D eigenvalue weighted by Crippen LogP contribution is 2.16. The van der Waals surface area contributed by atoms with Gasteiger partial charge in [-0.1, -0.05) is 30.3 Å². The Kier molecular flexibility index (Phi) is 4.95. The second kappa shape index (κ2) is 6.90.